The lowest BCUT2D eigenvalue weighted by Gasteiger charge is -2.33. The van der Waals surface area contributed by atoms with Crippen molar-refractivity contribution >= 4 is 22.8 Å². The zero-order valence-electron chi connectivity index (χ0n) is 15.3. The molecule has 3 aromatic rings. The fourth-order valence-corrected chi connectivity index (χ4v) is 3.45. The molecule has 2 N–H and O–H groups in total. The van der Waals surface area contributed by atoms with E-state index in [0.29, 0.717) is 18.8 Å². The number of pyridine rings is 1. The maximum Gasteiger partial charge on any atom is 0.267 e. The Balaban J connectivity index is 1.41. The first kappa shape index (κ1) is 18.0. The van der Waals surface area contributed by atoms with Gasteiger partial charge in [0.1, 0.15) is 24.1 Å². The van der Waals surface area contributed by atoms with Crippen LogP contribution in [0.5, 0.6) is 5.75 Å². The van der Waals surface area contributed by atoms with Gasteiger partial charge in [-0.2, -0.15) is 0 Å². The Bertz CT molecular complexity index is 1020. The maximum atomic E-state index is 12.8. The summed E-state index contributed by atoms with van der Waals surface area (Å²) in [5, 5.41) is 0. The predicted molar refractivity (Wildman–Crippen MR) is 103 cm³/mol. The number of nitrogens with zero attached hydrogens (tertiary/aromatic N) is 4. The lowest BCUT2D eigenvalue weighted by molar-refractivity contribution is -0.134. The minimum Gasteiger partial charge on any atom is -0.488 e. The number of ether oxygens (including phenoxy) is 1. The van der Waals surface area contributed by atoms with Crippen LogP contribution in [0.1, 0.15) is 23.3 Å². The molecule has 0 saturated carbocycles. The topological polar surface area (TPSA) is 103 Å². The molecule has 1 saturated heterocycles. The van der Waals surface area contributed by atoms with Gasteiger partial charge in [-0.25, -0.2) is 4.98 Å². The average Bonchev–Trinajstić information content (AvgIpc) is 3.11. The number of hydrogen-bond acceptors (Lipinski definition) is 5. The number of benzene rings is 1. The van der Waals surface area contributed by atoms with Gasteiger partial charge in [-0.3, -0.25) is 14.6 Å². The van der Waals surface area contributed by atoms with E-state index in [1.807, 2.05) is 33.7 Å². The van der Waals surface area contributed by atoms with Crippen molar-refractivity contribution in [1.82, 2.24) is 19.4 Å². The standard InChI is InChI=1S/C20H21N5O3/c21-20(27)17-10-14(7-8-22-17)28-15-4-3-9-24(11-15)19(26)12-25-13-23-16-5-1-2-6-18(16)25/h1-2,5-8,10,13,15H,3-4,9,11-12H2,(H2,21,27). The van der Waals surface area contributed by atoms with Crippen molar-refractivity contribution in [3.63, 3.8) is 0 Å². The van der Waals surface area contributed by atoms with Gasteiger partial charge >= 0.3 is 0 Å². The number of amides is 2. The van der Waals surface area contributed by atoms with Gasteiger partial charge in [-0.1, -0.05) is 12.1 Å². The fourth-order valence-electron chi connectivity index (χ4n) is 3.45. The van der Waals surface area contributed by atoms with Crippen molar-refractivity contribution in [2.24, 2.45) is 5.73 Å². The number of nitrogens with two attached hydrogens (primary N) is 1. The Morgan fingerprint density at radius 1 is 1.21 bits per heavy atom. The van der Waals surface area contributed by atoms with Crippen molar-refractivity contribution in [3.05, 3.63) is 54.6 Å². The third-order valence-corrected chi connectivity index (χ3v) is 4.85. The predicted octanol–water partition coefficient (Wildman–Crippen LogP) is 1.60. The third kappa shape index (κ3) is 3.80. The molecule has 2 amide bonds. The smallest absolute Gasteiger partial charge is 0.267 e. The largest absolute Gasteiger partial charge is 0.488 e. The number of aromatic nitrogens is 3. The van der Waals surface area contributed by atoms with Crippen LogP contribution >= 0.6 is 0 Å². The summed E-state index contributed by atoms with van der Waals surface area (Å²) in [5.74, 6) is -0.0360. The normalized spacial score (nSPS) is 16.9. The number of piperidine rings is 1. The Hall–Kier alpha value is -3.42. The van der Waals surface area contributed by atoms with Gasteiger partial charge in [-0.05, 0) is 31.0 Å². The highest BCUT2D eigenvalue weighted by Crippen LogP contribution is 2.20. The van der Waals surface area contributed by atoms with E-state index in [1.165, 1.54) is 12.3 Å². The van der Waals surface area contributed by atoms with Crippen LogP contribution in [0.3, 0.4) is 0 Å². The van der Waals surface area contributed by atoms with Gasteiger partial charge < -0.3 is 19.9 Å². The summed E-state index contributed by atoms with van der Waals surface area (Å²) < 4.78 is 7.84. The zero-order chi connectivity index (χ0) is 19.5. The Morgan fingerprint density at radius 3 is 2.93 bits per heavy atom. The quantitative estimate of drug-likeness (QED) is 0.725. The van der Waals surface area contributed by atoms with Crippen molar-refractivity contribution in [2.45, 2.75) is 25.5 Å². The summed E-state index contributed by atoms with van der Waals surface area (Å²) >= 11 is 0. The summed E-state index contributed by atoms with van der Waals surface area (Å²) in [7, 11) is 0. The summed E-state index contributed by atoms with van der Waals surface area (Å²) in [6.45, 7) is 1.45. The van der Waals surface area contributed by atoms with Crippen molar-refractivity contribution in [1.29, 1.82) is 0 Å². The van der Waals surface area contributed by atoms with Gasteiger partial charge in [0.25, 0.3) is 5.91 Å². The van der Waals surface area contributed by atoms with E-state index in [4.69, 9.17) is 10.5 Å². The van der Waals surface area contributed by atoms with Gasteiger partial charge in [0, 0.05) is 18.8 Å². The number of fused-ring (bicyclic) bond motifs is 1. The second-order valence-electron chi connectivity index (χ2n) is 6.82. The van der Waals surface area contributed by atoms with Crippen LogP contribution in [-0.4, -0.2) is 50.4 Å². The summed E-state index contributed by atoms with van der Waals surface area (Å²) in [6, 6.07) is 11.0. The van der Waals surface area contributed by atoms with E-state index >= 15 is 0 Å². The highest BCUT2D eigenvalue weighted by atomic mass is 16.5. The van der Waals surface area contributed by atoms with Crippen molar-refractivity contribution < 1.29 is 14.3 Å². The number of likely N-dealkylation sites (tertiary alicyclic amines) is 1. The molecule has 144 valence electrons. The summed E-state index contributed by atoms with van der Waals surface area (Å²) in [4.78, 5) is 34.1. The molecule has 0 spiro atoms. The molecule has 8 nitrogen and oxygen atoms in total. The highest BCUT2D eigenvalue weighted by molar-refractivity contribution is 5.91. The molecule has 1 aliphatic rings. The van der Waals surface area contributed by atoms with Crippen LogP contribution in [0, 0.1) is 0 Å². The lowest BCUT2D eigenvalue weighted by Crippen LogP contribution is -2.45. The van der Waals surface area contributed by atoms with E-state index in [1.54, 1.807) is 12.4 Å². The number of carbonyl (C=O) groups excluding carboxylic acids is 2. The van der Waals surface area contributed by atoms with E-state index in [9.17, 15) is 9.59 Å². The Morgan fingerprint density at radius 2 is 2.07 bits per heavy atom. The molecule has 1 unspecified atom stereocenters. The lowest BCUT2D eigenvalue weighted by atomic mass is 10.1. The molecule has 0 aliphatic carbocycles. The van der Waals surface area contributed by atoms with E-state index in [2.05, 4.69) is 9.97 Å². The van der Waals surface area contributed by atoms with Crippen molar-refractivity contribution in [3.8, 4) is 5.75 Å². The third-order valence-electron chi connectivity index (χ3n) is 4.85. The van der Waals surface area contributed by atoms with E-state index in [-0.39, 0.29) is 24.2 Å². The minimum atomic E-state index is -0.599. The average molecular weight is 379 g/mol. The van der Waals surface area contributed by atoms with Crippen LogP contribution in [0.25, 0.3) is 11.0 Å². The van der Waals surface area contributed by atoms with Gasteiger partial charge in [0.15, 0.2) is 0 Å². The number of imidazole rings is 1. The number of para-hydroxylation sites is 2. The second-order valence-corrected chi connectivity index (χ2v) is 6.82. The highest BCUT2D eigenvalue weighted by Gasteiger charge is 2.25. The first-order chi connectivity index (χ1) is 13.6. The van der Waals surface area contributed by atoms with Crippen molar-refractivity contribution in [2.75, 3.05) is 13.1 Å². The van der Waals surface area contributed by atoms with Crippen LogP contribution in [-0.2, 0) is 11.3 Å². The summed E-state index contributed by atoms with van der Waals surface area (Å²) in [5.41, 5.74) is 7.24. The van der Waals surface area contributed by atoms with E-state index in [0.717, 1.165) is 23.9 Å². The van der Waals surface area contributed by atoms with E-state index < -0.39 is 5.91 Å². The SMILES string of the molecule is NC(=O)c1cc(OC2CCCN(C(=O)Cn3cnc4ccccc43)C2)ccn1. The fraction of sp³-hybridized carbons (Fsp3) is 0.300. The number of carbonyl (C=O) groups is 2. The van der Waals surface area contributed by atoms with Gasteiger partial charge in [0.2, 0.25) is 5.91 Å². The second kappa shape index (κ2) is 7.67. The zero-order valence-corrected chi connectivity index (χ0v) is 15.3. The monoisotopic (exact) mass is 379 g/mol. The van der Waals surface area contributed by atoms with Gasteiger partial charge in [-0.15, -0.1) is 0 Å². The molecular weight excluding hydrogens is 358 g/mol. The van der Waals surface area contributed by atoms with Crippen LogP contribution in [0.15, 0.2) is 48.9 Å². The maximum absolute atomic E-state index is 12.8. The molecule has 1 aliphatic heterocycles. The molecule has 0 radical (unpaired) electrons. The van der Waals surface area contributed by atoms with Gasteiger partial charge in [0.05, 0.1) is 23.9 Å². The number of rotatable bonds is 5. The molecule has 1 aromatic carbocycles. The molecule has 3 heterocycles. The Kier molecular flexibility index (Phi) is 4.92. The molecule has 1 atom stereocenters. The Labute approximate surface area is 161 Å². The van der Waals surface area contributed by atoms with Crippen LogP contribution in [0.4, 0.5) is 0 Å². The molecule has 1 fully saturated rings. The number of hydrogen-bond donors (Lipinski definition) is 1. The molecule has 28 heavy (non-hydrogen) atoms. The van der Waals surface area contributed by atoms with Crippen LogP contribution < -0.4 is 10.5 Å². The summed E-state index contributed by atoms with van der Waals surface area (Å²) in [6.07, 6.45) is 4.75. The first-order valence-electron chi connectivity index (χ1n) is 9.20. The molecule has 2 aromatic heterocycles. The molecular formula is C20H21N5O3. The molecule has 4 rings (SSSR count). The number of primary amides is 1. The minimum absolute atomic E-state index is 0.0315. The molecule has 8 heteroatoms. The van der Waals surface area contributed by atoms with Crippen LogP contribution in [0.2, 0.25) is 0 Å². The molecule has 0 bridgehead atoms. The first-order valence-corrected chi connectivity index (χ1v) is 9.20.